The minimum atomic E-state index is -0.104. The SMILES string of the molecule is CC(=O)NCCC(=O)N[C@H]1COC[C@@H]1N1CCCCC1. The normalized spacial score (nSPS) is 27.2. The number of amides is 2. The topological polar surface area (TPSA) is 70.7 Å². The van der Waals surface area contributed by atoms with Crippen LogP contribution in [0.3, 0.4) is 0 Å². The molecule has 0 saturated carbocycles. The van der Waals surface area contributed by atoms with E-state index in [1.54, 1.807) is 0 Å². The van der Waals surface area contributed by atoms with Crippen LogP contribution < -0.4 is 10.6 Å². The molecule has 0 bridgehead atoms. The molecule has 6 heteroatoms. The van der Waals surface area contributed by atoms with Gasteiger partial charge >= 0.3 is 0 Å². The Labute approximate surface area is 120 Å². The van der Waals surface area contributed by atoms with E-state index >= 15 is 0 Å². The molecule has 2 N–H and O–H groups in total. The van der Waals surface area contributed by atoms with Crippen LogP contribution in [-0.2, 0) is 14.3 Å². The molecule has 0 spiro atoms. The van der Waals surface area contributed by atoms with Crippen LogP contribution in [-0.4, -0.2) is 61.6 Å². The van der Waals surface area contributed by atoms with Gasteiger partial charge in [0, 0.05) is 19.9 Å². The molecule has 20 heavy (non-hydrogen) atoms. The third-order valence-electron chi connectivity index (χ3n) is 3.98. The summed E-state index contributed by atoms with van der Waals surface area (Å²) in [5.74, 6) is -0.121. The van der Waals surface area contributed by atoms with Gasteiger partial charge in [0.05, 0.1) is 25.3 Å². The molecule has 2 saturated heterocycles. The van der Waals surface area contributed by atoms with Crippen molar-refractivity contribution in [1.29, 1.82) is 0 Å². The fourth-order valence-electron chi connectivity index (χ4n) is 2.92. The summed E-state index contributed by atoms with van der Waals surface area (Å²) in [6.45, 7) is 5.35. The lowest BCUT2D eigenvalue weighted by Crippen LogP contribution is -2.52. The molecule has 0 aromatic heterocycles. The molecular weight excluding hydrogens is 258 g/mol. The summed E-state index contributed by atoms with van der Waals surface area (Å²) in [6, 6.07) is 0.387. The van der Waals surface area contributed by atoms with Crippen molar-refractivity contribution in [1.82, 2.24) is 15.5 Å². The van der Waals surface area contributed by atoms with Crippen molar-refractivity contribution in [2.75, 3.05) is 32.8 Å². The van der Waals surface area contributed by atoms with Gasteiger partial charge in [-0.25, -0.2) is 0 Å². The van der Waals surface area contributed by atoms with E-state index in [-0.39, 0.29) is 17.9 Å². The van der Waals surface area contributed by atoms with Gasteiger partial charge in [-0.15, -0.1) is 0 Å². The molecule has 0 aromatic carbocycles. The van der Waals surface area contributed by atoms with Gasteiger partial charge in [0.2, 0.25) is 11.8 Å². The first-order valence-electron chi connectivity index (χ1n) is 7.52. The lowest BCUT2D eigenvalue weighted by atomic mass is 10.0. The third-order valence-corrected chi connectivity index (χ3v) is 3.98. The molecule has 114 valence electrons. The summed E-state index contributed by atoms with van der Waals surface area (Å²) in [5, 5.41) is 5.68. The monoisotopic (exact) mass is 283 g/mol. The largest absolute Gasteiger partial charge is 0.378 e. The highest BCUT2D eigenvalue weighted by Gasteiger charge is 2.34. The second-order valence-electron chi connectivity index (χ2n) is 5.61. The fourth-order valence-corrected chi connectivity index (χ4v) is 2.92. The first-order chi connectivity index (χ1) is 9.66. The number of rotatable bonds is 5. The van der Waals surface area contributed by atoms with Gasteiger partial charge in [-0.2, -0.15) is 0 Å². The van der Waals surface area contributed by atoms with E-state index in [1.165, 1.54) is 26.2 Å². The van der Waals surface area contributed by atoms with Crippen LogP contribution in [0.1, 0.15) is 32.6 Å². The summed E-state index contributed by atoms with van der Waals surface area (Å²) in [7, 11) is 0. The summed E-state index contributed by atoms with van der Waals surface area (Å²) >= 11 is 0. The van der Waals surface area contributed by atoms with Gasteiger partial charge in [-0.1, -0.05) is 6.42 Å². The summed E-state index contributed by atoms with van der Waals surface area (Å²) in [4.78, 5) is 25.1. The Morgan fingerprint density at radius 3 is 2.65 bits per heavy atom. The van der Waals surface area contributed by atoms with Gasteiger partial charge < -0.3 is 15.4 Å². The molecule has 0 aliphatic carbocycles. The molecule has 2 aliphatic rings. The average molecular weight is 283 g/mol. The van der Waals surface area contributed by atoms with Crippen molar-refractivity contribution in [2.45, 2.75) is 44.7 Å². The molecule has 0 radical (unpaired) electrons. The van der Waals surface area contributed by atoms with E-state index in [9.17, 15) is 9.59 Å². The van der Waals surface area contributed by atoms with Gasteiger partial charge in [0.1, 0.15) is 0 Å². The second-order valence-corrected chi connectivity index (χ2v) is 5.61. The Kier molecular flexibility index (Phi) is 5.79. The van der Waals surface area contributed by atoms with Crippen LogP contribution in [0.5, 0.6) is 0 Å². The van der Waals surface area contributed by atoms with Crippen molar-refractivity contribution < 1.29 is 14.3 Å². The van der Waals surface area contributed by atoms with Crippen LogP contribution in [0, 0.1) is 0 Å². The summed E-state index contributed by atoms with van der Waals surface area (Å²) < 4.78 is 5.54. The molecule has 0 aromatic rings. The Hall–Kier alpha value is -1.14. The zero-order chi connectivity index (χ0) is 14.4. The van der Waals surface area contributed by atoms with Crippen LogP contribution in [0.4, 0.5) is 0 Å². The molecule has 2 atom stereocenters. The molecular formula is C14H25N3O3. The molecule has 2 fully saturated rings. The summed E-state index contributed by atoms with van der Waals surface area (Å²) in [5.41, 5.74) is 0. The Bertz CT molecular complexity index is 343. The number of hydrogen-bond acceptors (Lipinski definition) is 4. The number of nitrogens with one attached hydrogen (secondary N) is 2. The van der Waals surface area contributed by atoms with E-state index in [0.717, 1.165) is 13.1 Å². The van der Waals surface area contributed by atoms with Gasteiger partial charge in [0.15, 0.2) is 0 Å². The lowest BCUT2D eigenvalue weighted by molar-refractivity contribution is -0.122. The van der Waals surface area contributed by atoms with Gasteiger partial charge in [-0.05, 0) is 25.9 Å². The standard InChI is InChI=1S/C14H25N3O3/c1-11(18)15-6-5-14(19)16-12-9-20-10-13(12)17-7-3-2-4-8-17/h12-13H,2-10H2,1H3,(H,15,18)(H,16,19)/t12-,13-/m0/s1. The molecule has 2 aliphatic heterocycles. The maximum absolute atomic E-state index is 11.9. The van der Waals surface area contributed by atoms with E-state index in [2.05, 4.69) is 15.5 Å². The predicted octanol–water partition coefficient (Wildman–Crippen LogP) is -0.118. The van der Waals surface area contributed by atoms with Crippen molar-refractivity contribution in [3.05, 3.63) is 0 Å². The van der Waals surface area contributed by atoms with Crippen LogP contribution in [0.25, 0.3) is 0 Å². The maximum atomic E-state index is 11.9. The quantitative estimate of drug-likeness (QED) is 0.738. The van der Waals surface area contributed by atoms with Crippen molar-refractivity contribution in [3.63, 3.8) is 0 Å². The van der Waals surface area contributed by atoms with E-state index in [1.807, 2.05) is 0 Å². The molecule has 2 heterocycles. The highest BCUT2D eigenvalue weighted by atomic mass is 16.5. The van der Waals surface area contributed by atoms with Crippen molar-refractivity contribution >= 4 is 11.8 Å². The molecule has 2 rings (SSSR count). The number of ether oxygens (including phenoxy) is 1. The Morgan fingerprint density at radius 2 is 1.95 bits per heavy atom. The summed E-state index contributed by atoms with van der Waals surface area (Å²) in [6.07, 6.45) is 4.10. The molecule has 6 nitrogen and oxygen atoms in total. The zero-order valence-electron chi connectivity index (χ0n) is 12.2. The van der Waals surface area contributed by atoms with E-state index in [4.69, 9.17) is 4.74 Å². The second kappa shape index (κ2) is 7.59. The fraction of sp³-hybridized carbons (Fsp3) is 0.857. The lowest BCUT2D eigenvalue weighted by Gasteiger charge is -2.34. The number of likely N-dealkylation sites (tertiary alicyclic amines) is 1. The third kappa shape index (κ3) is 4.45. The van der Waals surface area contributed by atoms with E-state index in [0.29, 0.717) is 32.2 Å². The predicted molar refractivity (Wildman–Crippen MR) is 75.3 cm³/mol. The first-order valence-corrected chi connectivity index (χ1v) is 7.52. The number of carbonyl (C=O) groups excluding carboxylic acids is 2. The smallest absolute Gasteiger partial charge is 0.222 e. The van der Waals surface area contributed by atoms with Gasteiger partial charge in [-0.3, -0.25) is 14.5 Å². The van der Waals surface area contributed by atoms with Crippen LogP contribution in [0.15, 0.2) is 0 Å². The van der Waals surface area contributed by atoms with Crippen LogP contribution >= 0.6 is 0 Å². The van der Waals surface area contributed by atoms with Crippen molar-refractivity contribution in [3.8, 4) is 0 Å². The van der Waals surface area contributed by atoms with Crippen LogP contribution in [0.2, 0.25) is 0 Å². The molecule has 2 amide bonds. The number of piperidine rings is 1. The van der Waals surface area contributed by atoms with E-state index < -0.39 is 0 Å². The van der Waals surface area contributed by atoms with Gasteiger partial charge in [0.25, 0.3) is 0 Å². The minimum absolute atomic E-state index is 0.0174. The zero-order valence-corrected chi connectivity index (χ0v) is 12.2. The Balaban J connectivity index is 1.75. The highest BCUT2D eigenvalue weighted by Crippen LogP contribution is 2.18. The molecule has 0 unspecified atom stereocenters. The number of carbonyl (C=O) groups is 2. The Morgan fingerprint density at radius 1 is 1.20 bits per heavy atom. The number of hydrogen-bond donors (Lipinski definition) is 2. The number of nitrogens with zero attached hydrogens (tertiary/aromatic N) is 1. The average Bonchev–Trinajstić information content (AvgIpc) is 2.87. The maximum Gasteiger partial charge on any atom is 0.222 e. The van der Waals surface area contributed by atoms with Crippen molar-refractivity contribution in [2.24, 2.45) is 0 Å². The highest BCUT2D eigenvalue weighted by molar-refractivity contribution is 5.78. The first kappa shape index (κ1) is 15.3. The minimum Gasteiger partial charge on any atom is -0.378 e.